The van der Waals surface area contributed by atoms with Crippen LogP contribution in [0, 0.1) is 0 Å². The Bertz CT molecular complexity index is 670. The maximum atomic E-state index is 11.8. The van der Waals surface area contributed by atoms with Crippen molar-refractivity contribution in [3.05, 3.63) is 35.9 Å². The topological polar surface area (TPSA) is 71.2 Å². The zero-order valence-corrected chi connectivity index (χ0v) is 12.2. The summed E-state index contributed by atoms with van der Waals surface area (Å²) in [5.41, 5.74) is 6.91. The van der Waals surface area contributed by atoms with Crippen LogP contribution in [-0.2, 0) is 0 Å². The molecule has 1 aromatic heterocycles. The highest BCUT2D eigenvalue weighted by Gasteiger charge is 2.26. The quantitative estimate of drug-likeness (QED) is 0.893. The molecule has 1 aromatic carbocycles. The summed E-state index contributed by atoms with van der Waals surface area (Å²) in [4.78, 5) is 18.7. The Morgan fingerprint density at radius 2 is 2.29 bits per heavy atom. The van der Waals surface area contributed by atoms with Gasteiger partial charge in [0.15, 0.2) is 0 Å². The minimum atomic E-state index is -0.404. The van der Waals surface area contributed by atoms with Gasteiger partial charge in [0.2, 0.25) is 5.91 Å². The van der Waals surface area contributed by atoms with Crippen LogP contribution in [0.25, 0.3) is 10.9 Å². The number of nitrogens with zero attached hydrogens (tertiary/aromatic N) is 2. The van der Waals surface area contributed by atoms with Crippen LogP contribution in [0.15, 0.2) is 30.3 Å². The van der Waals surface area contributed by atoms with E-state index < -0.39 is 5.91 Å². The molecule has 1 aliphatic heterocycles. The van der Waals surface area contributed by atoms with E-state index in [0.29, 0.717) is 11.6 Å². The SMILES string of the molecule is CNCC1CCCN1c1cc(C(N)=O)c2ccccc2n1. The van der Waals surface area contributed by atoms with Gasteiger partial charge in [-0.15, -0.1) is 0 Å². The van der Waals surface area contributed by atoms with E-state index in [-0.39, 0.29) is 0 Å². The van der Waals surface area contributed by atoms with Crippen molar-refractivity contribution in [3.63, 3.8) is 0 Å². The lowest BCUT2D eigenvalue weighted by Gasteiger charge is -2.26. The average molecular weight is 284 g/mol. The molecule has 1 amide bonds. The Balaban J connectivity index is 2.08. The summed E-state index contributed by atoms with van der Waals surface area (Å²) in [6.45, 7) is 1.89. The van der Waals surface area contributed by atoms with Crippen molar-refractivity contribution in [3.8, 4) is 0 Å². The average Bonchev–Trinajstić information content (AvgIpc) is 2.94. The number of carbonyl (C=O) groups is 1. The number of likely N-dealkylation sites (N-methyl/N-ethyl adjacent to an activating group) is 1. The predicted molar refractivity (Wildman–Crippen MR) is 84.6 cm³/mol. The van der Waals surface area contributed by atoms with Crippen LogP contribution in [0.5, 0.6) is 0 Å². The molecule has 1 atom stereocenters. The monoisotopic (exact) mass is 284 g/mol. The molecular weight excluding hydrogens is 264 g/mol. The fourth-order valence-corrected chi connectivity index (χ4v) is 3.10. The zero-order valence-electron chi connectivity index (χ0n) is 12.2. The standard InChI is InChI=1S/C16H20N4O/c1-18-10-11-5-4-8-20(11)15-9-13(16(17)21)12-6-2-3-7-14(12)19-15/h2-3,6-7,9,11,18H,4-5,8,10H2,1H3,(H2,17,21). The first-order valence-electron chi connectivity index (χ1n) is 7.31. The maximum absolute atomic E-state index is 11.8. The van der Waals surface area contributed by atoms with Gasteiger partial charge in [0, 0.05) is 24.5 Å². The molecule has 5 nitrogen and oxygen atoms in total. The molecule has 3 rings (SSSR count). The fourth-order valence-electron chi connectivity index (χ4n) is 3.10. The van der Waals surface area contributed by atoms with Crippen LogP contribution >= 0.6 is 0 Å². The maximum Gasteiger partial charge on any atom is 0.249 e. The van der Waals surface area contributed by atoms with E-state index in [9.17, 15) is 4.79 Å². The third kappa shape index (κ3) is 2.56. The molecule has 0 saturated carbocycles. The molecule has 5 heteroatoms. The number of para-hydroxylation sites is 1. The van der Waals surface area contributed by atoms with Crippen LogP contribution < -0.4 is 16.0 Å². The molecule has 1 aliphatic rings. The summed E-state index contributed by atoms with van der Waals surface area (Å²) in [5, 5.41) is 4.04. The molecule has 0 aliphatic carbocycles. The molecule has 2 aromatic rings. The molecule has 0 radical (unpaired) electrons. The molecule has 3 N–H and O–H groups in total. The van der Waals surface area contributed by atoms with Crippen molar-refractivity contribution < 1.29 is 4.79 Å². The number of amides is 1. The van der Waals surface area contributed by atoms with Crippen LogP contribution in [0.4, 0.5) is 5.82 Å². The van der Waals surface area contributed by atoms with Gasteiger partial charge in [-0.05, 0) is 32.0 Å². The largest absolute Gasteiger partial charge is 0.366 e. The Hall–Kier alpha value is -2.14. The highest BCUT2D eigenvalue weighted by molar-refractivity contribution is 6.06. The first-order valence-corrected chi connectivity index (χ1v) is 7.31. The number of primary amides is 1. The van der Waals surface area contributed by atoms with Crippen molar-refractivity contribution in [1.29, 1.82) is 0 Å². The zero-order chi connectivity index (χ0) is 14.8. The van der Waals surface area contributed by atoms with E-state index in [2.05, 4.69) is 10.2 Å². The first-order chi connectivity index (χ1) is 10.2. The molecule has 0 spiro atoms. The van der Waals surface area contributed by atoms with Gasteiger partial charge < -0.3 is 16.0 Å². The Morgan fingerprint density at radius 3 is 3.05 bits per heavy atom. The number of nitrogens with two attached hydrogens (primary N) is 1. The third-order valence-electron chi connectivity index (χ3n) is 4.08. The van der Waals surface area contributed by atoms with Crippen LogP contribution in [-0.4, -0.2) is 37.1 Å². The molecule has 1 saturated heterocycles. The first kappa shape index (κ1) is 13.8. The number of anilines is 1. The van der Waals surface area contributed by atoms with Gasteiger partial charge in [-0.1, -0.05) is 18.2 Å². The number of rotatable bonds is 4. The molecule has 21 heavy (non-hydrogen) atoms. The summed E-state index contributed by atoms with van der Waals surface area (Å²) >= 11 is 0. The lowest BCUT2D eigenvalue weighted by Crippen LogP contribution is -2.37. The van der Waals surface area contributed by atoms with Gasteiger partial charge >= 0.3 is 0 Å². The highest BCUT2D eigenvalue weighted by atomic mass is 16.1. The van der Waals surface area contributed by atoms with Crippen molar-refractivity contribution in [1.82, 2.24) is 10.3 Å². The number of fused-ring (bicyclic) bond motifs is 1. The number of carbonyl (C=O) groups excluding carboxylic acids is 1. The number of pyridine rings is 1. The Morgan fingerprint density at radius 1 is 1.48 bits per heavy atom. The van der Waals surface area contributed by atoms with Gasteiger partial charge in [0.25, 0.3) is 0 Å². The molecule has 1 unspecified atom stereocenters. The summed E-state index contributed by atoms with van der Waals surface area (Å²) in [7, 11) is 1.96. The fraction of sp³-hybridized carbons (Fsp3) is 0.375. The number of benzene rings is 1. The molecule has 1 fully saturated rings. The van der Waals surface area contributed by atoms with Crippen molar-refractivity contribution in [2.24, 2.45) is 5.73 Å². The molecule has 110 valence electrons. The van der Waals surface area contributed by atoms with E-state index in [0.717, 1.165) is 42.7 Å². The van der Waals surface area contributed by atoms with Gasteiger partial charge in [0.05, 0.1) is 11.1 Å². The Kier molecular flexibility index (Phi) is 3.75. The summed E-state index contributed by atoms with van der Waals surface area (Å²) < 4.78 is 0. The summed E-state index contributed by atoms with van der Waals surface area (Å²) in [6.07, 6.45) is 2.29. The summed E-state index contributed by atoms with van der Waals surface area (Å²) in [5.74, 6) is 0.444. The second-order valence-corrected chi connectivity index (χ2v) is 5.46. The van der Waals surface area contributed by atoms with Crippen molar-refractivity contribution in [2.45, 2.75) is 18.9 Å². The molecule has 0 bridgehead atoms. The number of hydrogen-bond acceptors (Lipinski definition) is 4. The van der Waals surface area contributed by atoms with Crippen molar-refractivity contribution >= 4 is 22.6 Å². The molecule has 2 heterocycles. The van der Waals surface area contributed by atoms with Crippen LogP contribution in [0.2, 0.25) is 0 Å². The highest BCUT2D eigenvalue weighted by Crippen LogP contribution is 2.28. The number of nitrogens with one attached hydrogen (secondary N) is 1. The second kappa shape index (κ2) is 5.69. The van der Waals surface area contributed by atoms with Crippen LogP contribution in [0.1, 0.15) is 23.2 Å². The lowest BCUT2D eigenvalue weighted by atomic mass is 10.1. The molecular formula is C16H20N4O. The van der Waals surface area contributed by atoms with Gasteiger partial charge in [0.1, 0.15) is 5.82 Å². The predicted octanol–water partition coefficient (Wildman–Crippen LogP) is 1.52. The van der Waals surface area contributed by atoms with E-state index in [1.807, 2.05) is 37.4 Å². The summed E-state index contributed by atoms with van der Waals surface area (Å²) in [6, 6.07) is 9.90. The van der Waals surface area contributed by atoms with E-state index in [1.165, 1.54) is 0 Å². The van der Waals surface area contributed by atoms with Gasteiger partial charge in [-0.2, -0.15) is 0 Å². The van der Waals surface area contributed by atoms with Crippen LogP contribution in [0.3, 0.4) is 0 Å². The van der Waals surface area contributed by atoms with Gasteiger partial charge in [-0.25, -0.2) is 4.98 Å². The Labute approximate surface area is 124 Å². The second-order valence-electron chi connectivity index (χ2n) is 5.46. The minimum absolute atomic E-state index is 0.404. The smallest absolute Gasteiger partial charge is 0.249 e. The normalized spacial score (nSPS) is 18.3. The van der Waals surface area contributed by atoms with Gasteiger partial charge in [-0.3, -0.25) is 4.79 Å². The third-order valence-corrected chi connectivity index (χ3v) is 4.08. The van der Waals surface area contributed by atoms with Crippen molar-refractivity contribution in [2.75, 3.05) is 25.0 Å². The van der Waals surface area contributed by atoms with E-state index in [1.54, 1.807) is 0 Å². The van der Waals surface area contributed by atoms with E-state index >= 15 is 0 Å². The minimum Gasteiger partial charge on any atom is -0.366 e. The number of aromatic nitrogens is 1. The number of hydrogen-bond donors (Lipinski definition) is 2. The lowest BCUT2D eigenvalue weighted by molar-refractivity contribution is 0.100. The van der Waals surface area contributed by atoms with E-state index in [4.69, 9.17) is 10.7 Å².